The molecule has 1 unspecified atom stereocenters. The number of nitrogens with one attached hydrogen (secondary N) is 1. The number of rotatable bonds is 4. The molecule has 18 heavy (non-hydrogen) atoms. The second kappa shape index (κ2) is 4.72. The van der Waals surface area contributed by atoms with Crippen LogP contribution in [0.5, 0.6) is 5.75 Å². The summed E-state index contributed by atoms with van der Waals surface area (Å²) in [6.45, 7) is 5.84. The molecule has 1 aliphatic heterocycles. The van der Waals surface area contributed by atoms with Gasteiger partial charge in [0.25, 0.3) is 0 Å². The van der Waals surface area contributed by atoms with Gasteiger partial charge in [-0.2, -0.15) is 5.10 Å². The van der Waals surface area contributed by atoms with E-state index in [4.69, 9.17) is 4.74 Å². The van der Waals surface area contributed by atoms with Crippen LogP contribution < -0.4 is 10.1 Å². The third-order valence-electron chi connectivity index (χ3n) is 4.09. The average molecular weight is 251 g/mol. The van der Waals surface area contributed by atoms with Gasteiger partial charge in [-0.25, -0.2) is 0 Å². The van der Waals surface area contributed by atoms with E-state index < -0.39 is 0 Å². The Morgan fingerprint density at radius 3 is 2.83 bits per heavy atom. The molecular weight excluding hydrogens is 230 g/mol. The van der Waals surface area contributed by atoms with Crippen molar-refractivity contribution in [2.45, 2.75) is 20.3 Å². The summed E-state index contributed by atoms with van der Waals surface area (Å²) < 4.78 is 6.86. The van der Waals surface area contributed by atoms with Crippen LogP contribution in [0.3, 0.4) is 0 Å². The van der Waals surface area contributed by atoms with Crippen LogP contribution in [0.15, 0.2) is 6.20 Å². The highest BCUT2D eigenvalue weighted by atomic mass is 16.5. The molecule has 5 nitrogen and oxygen atoms in total. The van der Waals surface area contributed by atoms with Gasteiger partial charge in [-0.15, -0.1) is 0 Å². The zero-order chi connectivity index (χ0) is 13.3. The zero-order valence-corrected chi connectivity index (χ0v) is 11.5. The molecule has 0 aromatic carbocycles. The fraction of sp³-hybridized carbons (Fsp3) is 0.692. The van der Waals surface area contributed by atoms with E-state index in [9.17, 15) is 4.79 Å². The number of carbonyl (C=O) groups is 1. The number of aryl methyl sites for hydroxylation is 1. The van der Waals surface area contributed by atoms with Gasteiger partial charge in [0.15, 0.2) is 11.5 Å². The highest BCUT2D eigenvalue weighted by Gasteiger charge is 2.46. The Morgan fingerprint density at radius 2 is 2.33 bits per heavy atom. The number of nitrogens with zero attached hydrogens (tertiary/aromatic N) is 2. The largest absolute Gasteiger partial charge is 0.493 e. The third kappa shape index (κ3) is 1.82. The van der Waals surface area contributed by atoms with E-state index in [2.05, 4.69) is 24.3 Å². The van der Waals surface area contributed by atoms with Gasteiger partial charge in [-0.1, -0.05) is 13.8 Å². The molecule has 1 saturated heterocycles. The molecule has 2 heterocycles. The first kappa shape index (κ1) is 13.1. The predicted molar refractivity (Wildman–Crippen MR) is 68.8 cm³/mol. The Kier molecular flexibility index (Phi) is 3.43. The number of ketones is 1. The number of hydrogen-bond acceptors (Lipinski definition) is 4. The van der Waals surface area contributed by atoms with Gasteiger partial charge in [0, 0.05) is 13.6 Å². The maximum absolute atomic E-state index is 12.9. The minimum Gasteiger partial charge on any atom is -0.493 e. The lowest BCUT2D eigenvalue weighted by atomic mass is 9.72. The molecule has 0 radical (unpaired) electrons. The van der Waals surface area contributed by atoms with Gasteiger partial charge in [0.05, 0.1) is 18.7 Å². The van der Waals surface area contributed by atoms with Gasteiger partial charge in [-0.05, 0) is 18.9 Å². The highest BCUT2D eigenvalue weighted by Crippen LogP contribution is 2.39. The van der Waals surface area contributed by atoms with E-state index in [-0.39, 0.29) is 11.2 Å². The lowest BCUT2D eigenvalue weighted by Crippen LogP contribution is -2.39. The van der Waals surface area contributed by atoms with Crippen LogP contribution in [0.1, 0.15) is 30.8 Å². The Labute approximate surface area is 108 Å². The van der Waals surface area contributed by atoms with Crippen molar-refractivity contribution in [2.24, 2.45) is 18.4 Å². The minimum absolute atomic E-state index is 0.138. The molecule has 5 heteroatoms. The van der Waals surface area contributed by atoms with Crippen molar-refractivity contribution in [1.29, 1.82) is 0 Å². The van der Waals surface area contributed by atoms with Crippen molar-refractivity contribution in [1.82, 2.24) is 15.1 Å². The smallest absolute Gasteiger partial charge is 0.192 e. The Hall–Kier alpha value is -1.36. The lowest BCUT2D eigenvalue weighted by Gasteiger charge is -2.31. The first-order valence-corrected chi connectivity index (χ1v) is 6.34. The summed E-state index contributed by atoms with van der Waals surface area (Å²) in [6.07, 6.45) is 2.47. The molecule has 1 aliphatic rings. The maximum atomic E-state index is 12.9. The summed E-state index contributed by atoms with van der Waals surface area (Å²) >= 11 is 0. The third-order valence-corrected chi connectivity index (χ3v) is 4.09. The van der Waals surface area contributed by atoms with Crippen LogP contribution in [-0.2, 0) is 7.05 Å². The molecule has 1 atom stereocenters. The van der Waals surface area contributed by atoms with Gasteiger partial charge in [-0.3, -0.25) is 9.48 Å². The van der Waals surface area contributed by atoms with Crippen LogP contribution in [0.2, 0.25) is 0 Å². The number of Topliss-reactive ketones (excluding diaryl/α,β-unsaturated/α-hetero) is 1. The highest BCUT2D eigenvalue weighted by molar-refractivity contribution is 6.01. The van der Waals surface area contributed by atoms with Crippen molar-refractivity contribution in [3.8, 4) is 5.75 Å². The van der Waals surface area contributed by atoms with Gasteiger partial charge < -0.3 is 10.1 Å². The number of methoxy groups -OCH3 is 1. The average Bonchev–Trinajstić information content (AvgIpc) is 2.95. The van der Waals surface area contributed by atoms with E-state index in [1.54, 1.807) is 25.0 Å². The number of aromatic nitrogens is 2. The minimum atomic E-state index is -0.332. The molecule has 0 aliphatic carbocycles. The summed E-state index contributed by atoms with van der Waals surface area (Å²) in [7, 11) is 3.36. The van der Waals surface area contributed by atoms with E-state index in [1.165, 1.54) is 0 Å². The van der Waals surface area contributed by atoms with Crippen LogP contribution in [0.25, 0.3) is 0 Å². The van der Waals surface area contributed by atoms with E-state index in [0.29, 0.717) is 17.4 Å². The molecule has 0 saturated carbocycles. The van der Waals surface area contributed by atoms with Crippen LogP contribution >= 0.6 is 0 Å². The van der Waals surface area contributed by atoms with Crippen molar-refractivity contribution in [2.75, 3.05) is 20.2 Å². The molecule has 0 bridgehead atoms. The first-order chi connectivity index (χ1) is 8.53. The van der Waals surface area contributed by atoms with Crippen LogP contribution in [0, 0.1) is 11.3 Å². The van der Waals surface area contributed by atoms with E-state index in [1.807, 2.05) is 0 Å². The molecule has 2 rings (SSSR count). The molecule has 1 aromatic heterocycles. The molecule has 1 N–H and O–H groups in total. The second-order valence-electron chi connectivity index (χ2n) is 5.25. The van der Waals surface area contributed by atoms with Crippen LogP contribution in [0.4, 0.5) is 0 Å². The number of hydrogen-bond donors (Lipinski definition) is 1. The molecule has 100 valence electrons. The van der Waals surface area contributed by atoms with Crippen molar-refractivity contribution in [3.05, 3.63) is 11.9 Å². The Morgan fingerprint density at radius 1 is 1.61 bits per heavy atom. The fourth-order valence-electron chi connectivity index (χ4n) is 2.72. The van der Waals surface area contributed by atoms with Crippen LogP contribution in [-0.4, -0.2) is 35.8 Å². The van der Waals surface area contributed by atoms with Crippen molar-refractivity contribution >= 4 is 5.78 Å². The normalized spacial score (nSPS) is 23.6. The van der Waals surface area contributed by atoms with Crippen molar-refractivity contribution < 1.29 is 9.53 Å². The zero-order valence-electron chi connectivity index (χ0n) is 11.5. The Balaban J connectivity index is 2.43. The molecular formula is C13H21N3O2. The monoisotopic (exact) mass is 251 g/mol. The number of carbonyl (C=O) groups excluding carboxylic acids is 1. The van der Waals surface area contributed by atoms with E-state index in [0.717, 1.165) is 19.5 Å². The lowest BCUT2D eigenvalue weighted by molar-refractivity contribution is 0.0725. The van der Waals surface area contributed by atoms with Gasteiger partial charge in [0.2, 0.25) is 0 Å². The summed E-state index contributed by atoms with van der Waals surface area (Å²) in [5.74, 6) is 0.994. The van der Waals surface area contributed by atoms with Crippen molar-refractivity contribution in [3.63, 3.8) is 0 Å². The number of ether oxygens (including phenoxy) is 1. The summed E-state index contributed by atoms with van der Waals surface area (Å²) in [5.41, 5.74) is 0.246. The molecule has 1 aromatic rings. The topological polar surface area (TPSA) is 56.2 Å². The summed E-state index contributed by atoms with van der Waals surface area (Å²) in [6, 6.07) is 0. The second-order valence-corrected chi connectivity index (χ2v) is 5.25. The SMILES string of the molecule is COc1cnn(C)c1C(=O)C1(C(C)C)CCNC1. The quantitative estimate of drug-likeness (QED) is 0.818. The standard InChI is InChI=1S/C13H21N3O2/c1-9(2)13(5-6-14-8-13)12(17)11-10(18-4)7-15-16(11)3/h7,9,14H,5-6,8H2,1-4H3. The molecule has 1 fully saturated rings. The molecule has 0 amide bonds. The molecule has 0 spiro atoms. The summed E-state index contributed by atoms with van der Waals surface area (Å²) in [4.78, 5) is 12.9. The fourth-order valence-corrected chi connectivity index (χ4v) is 2.72. The predicted octanol–water partition coefficient (Wildman–Crippen LogP) is 1.25. The Bertz CT molecular complexity index is 445. The van der Waals surface area contributed by atoms with E-state index >= 15 is 0 Å². The van der Waals surface area contributed by atoms with Gasteiger partial charge in [0.1, 0.15) is 5.69 Å². The summed E-state index contributed by atoms with van der Waals surface area (Å²) in [5, 5.41) is 7.42. The maximum Gasteiger partial charge on any atom is 0.192 e. The van der Waals surface area contributed by atoms with Gasteiger partial charge >= 0.3 is 0 Å². The first-order valence-electron chi connectivity index (χ1n) is 6.34.